The maximum Gasteiger partial charge on any atom is 0.407 e. The zero-order valence-corrected chi connectivity index (χ0v) is 17.3. The average Bonchev–Trinajstić information content (AvgIpc) is 2.74. The number of hydrogen-bond donors (Lipinski definition) is 3. The first-order valence-corrected chi connectivity index (χ1v) is 9.33. The molecule has 2 amide bonds. The Balaban J connectivity index is 2.43. The molecule has 1 aromatic rings. The summed E-state index contributed by atoms with van der Waals surface area (Å²) in [5, 5.41) is 14.8. The van der Waals surface area contributed by atoms with Gasteiger partial charge in [-0.2, -0.15) is 0 Å². The third kappa shape index (κ3) is 9.37. The second-order valence-electron chi connectivity index (χ2n) is 6.63. The number of methoxy groups -OCH3 is 2. The lowest BCUT2D eigenvalue weighted by molar-refractivity contribution is -0.148. The quantitative estimate of drug-likeness (QED) is 0.345. The van der Waals surface area contributed by atoms with Crippen molar-refractivity contribution in [3.8, 4) is 0 Å². The predicted octanol–water partition coefficient (Wildman–Crippen LogP) is 0.521. The third-order valence-electron chi connectivity index (χ3n) is 4.17. The van der Waals surface area contributed by atoms with E-state index in [1.807, 2.05) is 18.2 Å². The minimum atomic E-state index is -1.21. The van der Waals surface area contributed by atoms with Gasteiger partial charge in [0.15, 0.2) is 0 Å². The van der Waals surface area contributed by atoms with E-state index in [1.54, 1.807) is 19.1 Å². The van der Waals surface area contributed by atoms with E-state index < -0.39 is 42.0 Å². The fourth-order valence-corrected chi connectivity index (χ4v) is 2.52. The summed E-state index contributed by atoms with van der Waals surface area (Å²) in [4.78, 5) is 47.2. The number of carbonyl (C=O) groups excluding carboxylic acids is 4. The monoisotopic (exact) mass is 424 g/mol. The number of aliphatic hydroxyl groups is 1. The van der Waals surface area contributed by atoms with Gasteiger partial charge >= 0.3 is 18.0 Å². The highest BCUT2D eigenvalue weighted by Crippen LogP contribution is 2.11. The molecule has 10 nitrogen and oxygen atoms in total. The SMILES string of the molecule is COC(=O)C[C@@H](C)[C@H](NC(=O)C[C@@H](O)CNC(=O)OCc1ccccc1)C(=O)OC. The molecule has 0 heterocycles. The van der Waals surface area contributed by atoms with E-state index in [1.165, 1.54) is 7.11 Å². The van der Waals surface area contributed by atoms with Crippen molar-refractivity contribution in [3.63, 3.8) is 0 Å². The van der Waals surface area contributed by atoms with Gasteiger partial charge in [-0.1, -0.05) is 37.3 Å². The van der Waals surface area contributed by atoms with Crippen LogP contribution in [0.5, 0.6) is 0 Å². The number of rotatable bonds is 11. The molecule has 0 aliphatic carbocycles. The molecule has 1 aromatic carbocycles. The van der Waals surface area contributed by atoms with E-state index in [0.29, 0.717) is 0 Å². The van der Waals surface area contributed by atoms with E-state index in [2.05, 4.69) is 20.1 Å². The summed E-state index contributed by atoms with van der Waals surface area (Å²) in [5.74, 6) is -2.49. The number of benzene rings is 1. The number of carbonyl (C=O) groups is 4. The van der Waals surface area contributed by atoms with Gasteiger partial charge in [0.25, 0.3) is 0 Å². The van der Waals surface area contributed by atoms with E-state index in [0.717, 1.165) is 12.7 Å². The van der Waals surface area contributed by atoms with E-state index in [-0.39, 0.29) is 26.0 Å². The van der Waals surface area contributed by atoms with Crippen molar-refractivity contribution < 1.29 is 38.5 Å². The van der Waals surface area contributed by atoms with Gasteiger partial charge in [0.05, 0.1) is 33.2 Å². The van der Waals surface area contributed by atoms with Gasteiger partial charge in [-0.25, -0.2) is 9.59 Å². The summed E-state index contributed by atoms with van der Waals surface area (Å²) in [6.07, 6.45) is -2.42. The molecule has 0 aromatic heterocycles. The second kappa shape index (κ2) is 13.2. The number of hydrogen-bond acceptors (Lipinski definition) is 8. The molecule has 166 valence electrons. The van der Waals surface area contributed by atoms with Gasteiger partial charge in [0.2, 0.25) is 5.91 Å². The zero-order chi connectivity index (χ0) is 22.5. The fourth-order valence-electron chi connectivity index (χ4n) is 2.52. The zero-order valence-electron chi connectivity index (χ0n) is 17.3. The molecule has 0 unspecified atom stereocenters. The van der Waals surface area contributed by atoms with Crippen LogP contribution in [0, 0.1) is 5.92 Å². The maximum absolute atomic E-state index is 12.2. The van der Waals surface area contributed by atoms with Gasteiger partial charge < -0.3 is 30.0 Å². The molecule has 1 rings (SSSR count). The summed E-state index contributed by atoms with van der Waals surface area (Å²) in [7, 11) is 2.38. The van der Waals surface area contributed by atoms with Crippen molar-refractivity contribution in [2.24, 2.45) is 5.92 Å². The van der Waals surface area contributed by atoms with Crippen LogP contribution in [0.4, 0.5) is 4.79 Å². The Hall–Kier alpha value is -3.14. The molecule has 0 radical (unpaired) electrons. The van der Waals surface area contributed by atoms with Crippen molar-refractivity contribution in [3.05, 3.63) is 35.9 Å². The third-order valence-corrected chi connectivity index (χ3v) is 4.17. The van der Waals surface area contributed by atoms with Crippen LogP contribution in [0.15, 0.2) is 30.3 Å². The van der Waals surface area contributed by atoms with Crippen LogP contribution >= 0.6 is 0 Å². The van der Waals surface area contributed by atoms with E-state index in [9.17, 15) is 24.3 Å². The second-order valence-corrected chi connectivity index (χ2v) is 6.63. The van der Waals surface area contributed by atoms with Crippen molar-refractivity contribution in [1.82, 2.24) is 10.6 Å². The Kier molecular flexibility index (Phi) is 10.9. The topological polar surface area (TPSA) is 140 Å². The predicted molar refractivity (Wildman–Crippen MR) is 105 cm³/mol. The van der Waals surface area contributed by atoms with Crippen molar-refractivity contribution in [2.45, 2.75) is 38.5 Å². The molecule has 0 spiro atoms. The van der Waals surface area contributed by atoms with Crippen LogP contribution < -0.4 is 10.6 Å². The summed E-state index contributed by atoms with van der Waals surface area (Å²) in [6, 6.07) is 7.97. The number of esters is 2. The van der Waals surface area contributed by atoms with Crippen molar-refractivity contribution >= 4 is 23.9 Å². The first-order valence-electron chi connectivity index (χ1n) is 9.33. The first-order chi connectivity index (χ1) is 14.3. The number of alkyl carbamates (subject to hydrolysis) is 1. The normalized spacial score (nSPS) is 13.3. The molecular formula is C20H28N2O8. The molecule has 30 heavy (non-hydrogen) atoms. The molecule has 3 atom stereocenters. The van der Waals surface area contributed by atoms with Gasteiger partial charge in [-0.3, -0.25) is 9.59 Å². The average molecular weight is 424 g/mol. The fraction of sp³-hybridized carbons (Fsp3) is 0.500. The molecule has 0 saturated carbocycles. The molecule has 0 fully saturated rings. The Morgan fingerprint density at radius 1 is 1.03 bits per heavy atom. The number of nitrogens with one attached hydrogen (secondary N) is 2. The smallest absolute Gasteiger partial charge is 0.407 e. The van der Waals surface area contributed by atoms with E-state index in [4.69, 9.17) is 4.74 Å². The Labute approximate surface area is 174 Å². The standard InChI is InChI=1S/C20H28N2O8/c1-13(9-17(25)28-2)18(19(26)29-3)22-16(24)10-15(23)11-21-20(27)30-12-14-7-5-4-6-8-14/h4-8,13,15,18,23H,9-12H2,1-3H3,(H,21,27)(H,22,24)/t13-,15-,18+/m1/s1. The van der Waals surface area contributed by atoms with Gasteiger partial charge in [-0.05, 0) is 11.5 Å². The lowest BCUT2D eigenvalue weighted by atomic mass is 9.98. The molecular weight excluding hydrogens is 396 g/mol. The number of ether oxygens (including phenoxy) is 3. The highest BCUT2D eigenvalue weighted by Gasteiger charge is 2.30. The van der Waals surface area contributed by atoms with Crippen LogP contribution in [0.1, 0.15) is 25.3 Å². The van der Waals surface area contributed by atoms with Gasteiger partial charge in [0.1, 0.15) is 12.6 Å². The van der Waals surface area contributed by atoms with Gasteiger partial charge in [-0.15, -0.1) is 0 Å². The van der Waals surface area contributed by atoms with Crippen molar-refractivity contribution in [2.75, 3.05) is 20.8 Å². The van der Waals surface area contributed by atoms with Crippen LogP contribution in [-0.4, -0.2) is 62.0 Å². The van der Waals surface area contributed by atoms with Crippen LogP contribution in [0.2, 0.25) is 0 Å². The van der Waals surface area contributed by atoms with E-state index >= 15 is 0 Å². The molecule has 0 saturated heterocycles. The lowest BCUT2D eigenvalue weighted by Crippen LogP contribution is -2.47. The molecule has 0 aliphatic heterocycles. The Morgan fingerprint density at radius 2 is 1.70 bits per heavy atom. The lowest BCUT2D eigenvalue weighted by Gasteiger charge is -2.22. The summed E-state index contributed by atoms with van der Waals surface area (Å²) >= 11 is 0. The maximum atomic E-state index is 12.2. The molecule has 3 N–H and O–H groups in total. The van der Waals surface area contributed by atoms with Crippen molar-refractivity contribution in [1.29, 1.82) is 0 Å². The van der Waals surface area contributed by atoms with Crippen LogP contribution in [-0.2, 0) is 35.2 Å². The largest absolute Gasteiger partial charge is 0.469 e. The molecule has 10 heteroatoms. The molecule has 0 aliphatic rings. The first kappa shape index (κ1) is 24.9. The Morgan fingerprint density at radius 3 is 2.30 bits per heavy atom. The number of aliphatic hydroxyl groups excluding tert-OH is 1. The summed E-state index contributed by atoms with van der Waals surface area (Å²) in [6.45, 7) is 1.43. The number of amides is 2. The summed E-state index contributed by atoms with van der Waals surface area (Å²) < 4.78 is 14.2. The highest BCUT2D eigenvalue weighted by molar-refractivity contribution is 5.85. The Bertz CT molecular complexity index is 710. The molecule has 0 bridgehead atoms. The highest BCUT2D eigenvalue weighted by atomic mass is 16.5. The van der Waals surface area contributed by atoms with Crippen LogP contribution in [0.25, 0.3) is 0 Å². The van der Waals surface area contributed by atoms with Crippen LogP contribution in [0.3, 0.4) is 0 Å². The van der Waals surface area contributed by atoms with Gasteiger partial charge in [0, 0.05) is 6.54 Å². The minimum absolute atomic E-state index is 0.0716. The minimum Gasteiger partial charge on any atom is -0.469 e. The summed E-state index contributed by atoms with van der Waals surface area (Å²) in [5.41, 5.74) is 0.808.